The monoisotopic (exact) mass is 257 g/mol. The lowest BCUT2D eigenvalue weighted by atomic mass is 9.98. The molecule has 0 spiro atoms. The SMILES string of the molecule is CC1CC(N)CCN1CCc1c[nH]c2ccccc12. The highest BCUT2D eigenvalue weighted by Crippen LogP contribution is 2.20. The normalized spacial score (nSPS) is 24.9. The van der Waals surface area contributed by atoms with Crippen LogP contribution in [0.4, 0.5) is 0 Å². The van der Waals surface area contributed by atoms with E-state index in [1.807, 2.05) is 0 Å². The lowest BCUT2D eigenvalue weighted by Crippen LogP contribution is -2.46. The van der Waals surface area contributed by atoms with Gasteiger partial charge >= 0.3 is 0 Å². The second-order valence-electron chi connectivity index (χ2n) is 5.78. The number of benzene rings is 1. The van der Waals surface area contributed by atoms with E-state index < -0.39 is 0 Å². The van der Waals surface area contributed by atoms with E-state index in [1.54, 1.807) is 0 Å². The first-order valence-electron chi connectivity index (χ1n) is 7.28. The summed E-state index contributed by atoms with van der Waals surface area (Å²) in [5.74, 6) is 0. The quantitative estimate of drug-likeness (QED) is 0.887. The third-order valence-corrected chi connectivity index (χ3v) is 4.40. The van der Waals surface area contributed by atoms with Crippen LogP contribution in [0.5, 0.6) is 0 Å². The highest BCUT2D eigenvalue weighted by molar-refractivity contribution is 5.83. The Bertz CT molecular complexity index is 546. The van der Waals surface area contributed by atoms with Crippen LogP contribution < -0.4 is 5.73 Å². The number of hydrogen-bond donors (Lipinski definition) is 2. The van der Waals surface area contributed by atoms with E-state index in [9.17, 15) is 0 Å². The molecule has 1 aliphatic rings. The summed E-state index contributed by atoms with van der Waals surface area (Å²) in [4.78, 5) is 5.93. The number of nitrogens with one attached hydrogen (secondary N) is 1. The third kappa shape index (κ3) is 2.67. The average Bonchev–Trinajstić information content (AvgIpc) is 2.81. The molecule has 2 heterocycles. The molecule has 3 heteroatoms. The lowest BCUT2D eigenvalue weighted by Gasteiger charge is -2.36. The number of fused-ring (bicyclic) bond motifs is 1. The van der Waals surface area contributed by atoms with Gasteiger partial charge in [0.2, 0.25) is 0 Å². The Morgan fingerprint density at radius 2 is 2.21 bits per heavy atom. The number of aromatic amines is 1. The minimum Gasteiger partial charge on any atom is -0.361 e. The summed E-state index contributed by atoms with van der Waals surface area (Å²) in [7, 11) is 0. The number of para-hydroxylation sites is 1. The van der Waals surface area contributed by atoms with Gasteiger partial charge in [0, 0.05) is 35.7 Å². The minimum absolute atomic E-state index is 0.402. The van der Waals surface area contributed by atoms with Crippen molar-refractivity contribution < 1.29 is 0 Å². The number of rotatable bonds is 3. The molecule has 1 fully saturated rings. The van der Waals surface area contributed by atoms with Gasteiger partial charge in [-0.15, -0.1) is 0 Å². The Kier molecular flexibility index (Phi) is 3.58. The molecule has 0 aliphatic carbocycles. The maximum Gasteiger partial charge on any atom is 0.0456 e. The average molecular weight is 257 g/mol. The number of piperidine rings is 1. The first-order valence-corrected chi connectivity index (χ1v) is 7.28. The molecule has 2 atom stereocenters. The number of H-pyrrole nitrogens is 1. The van der Waals surface area contributed by atoms with E-state index in [0.29, 0.717) is 12.1 Å². The fourth-order valence-electron chi connectivity index (χ4n) is 3.19. The molecule has 102 valence electrons. The first kappa shape index (κ1) is 12.7. The molecule has 3 N–H and O–H groups in total. The van der Waals surface area contributed by atoms with E-state index in [4.69, 9.17) is 5.73 Å². The third-order valence-electron chi connectivity index (χ3n) is 4.40. The molecule has 3 rings (SSSR count). The highest BCUT2D eigenvalue weighted by Gasteiger charge is 2.22. The summed E-state index contributed by atoms with van der Waals surface area (Å²) >= 11 is 0. The Morgan fingerprint density at radius 3 is 3.05 bits per heavy atom. The number of likely N-dealkylation sites (tertiary alicyclic amines) is 1. The zero-order chi connectivity index (χ0) is 13.2. The van der Waals surface area contributed by atoms with Crippen LogP contribution in [0.3, 0.4) is 0 Å². The molecular weight excluding hydrogens is 234 g/mol. The van der Waals surface area contributed by atoms with Crippen molar-refractivity contribution in [2.75, 3.05) is 13.1 Å². The molecule has 1 aromatic heterocycles. The largest absolute Gasteiger partial charge is 0.361 e. The number of nitrogens with zero attached hydrogens (tertiary/aromatic N) is 1. The smallest absolute Gasteiger partial charge is 0.0456 e. The van der Waals surface area contributed by atoms with Gasteiger partial charge < -0.3 is 15.6 Å². The topological polar surface area (TPSA) is 45.0 Å². The van der Waals surface area contributed by atoms with Crippen LogP contribution in [-0.2, 0) is 6.42 Å². The molecule has 2 unspecified atom stereocenters. The predicted molar refractivity (Wildman–Crippen MR) is 80.2 cm³/mol. The Hall–Kier alpha value is -1.32. The summed E-state index contributed by atoms with van der Waals surface area (Å²) in [6.07, 6.45) is 5.54. The molecular formula is C16H23N3. The molecule has 3 nitrogen and oxygen atoms in total. The summed E-state index contributed by atoms with van der Waals surface area (Å²) in [6, 6.07) is 9.56. The van der Waals surface area contributed by atoms with Crippen molar-refractivity contribution >= 4 is 10.9 Å². The molecule has 1 aromatic carbocycles. The van der Waals surface area contributed by atoms with Crippen LogP contribution in [0.2, 0.25) is 0 Å². The standard InChI is InChI=1S/C16H23N3/c1-12-10-14(17)7-9-19(12)8-6-13-11-18-16-5-3-2-4-15(13)16/h2-5,11-12,14,18H,6-10,17H2,1H3. The summed E-state index contributed by atoms with van der Waals surface area (Å²) in [6.45, 7) is 4.58. The predicted octanol–water partition coefficient (Wildman–Crippen LogP) is 2.52. The van der Waals surface area contributed by atoms with Crippen LogP contribution >= 0.6 is 0 Å². The van der Waals surface area contributed by atoms with Crippen molar-refractivity contribution in [3.05, 3.63) is 36.0 Å². The second-order valence-corrected chi connectivity index (χ2v) is 5.78. The molecule has 0 saturated carbocycles. The highest BCUT2D eigenvalue weighted by atomic mass is 15.2. The van der Waals surface area contributed by atoms with Crippen molar-refractivity contribution in [1.82, 2.24) is 9.88 Å². The van der Waals surface area contributed by atoms with Gasteiger partial charge in [-0.25, -0.2) is 0 Å². The van der Waals surface area contributed by atoms with E-state index in [-0.39, 0.29) is 0 Å². The van der Waals surface area contributed by atoms with Crippen LogP contribution in [0.15, 0.2) is 30.5 Å². The van der Waals surface area contributed by atoms with Gasteiger partial charge in [0.05, 0.1) is 0 Å². The number of nitrogens with two attached hydrogens (primary N) is 1. The summed E-state index contributed by atoms with van der Waals surface area (Å²) < 4.78 is 0. The van der Waals surface area contributed by atoms with Crippen LogP contribution in [0.1, 0.15) is 25.3 Å². The van der Waals surface area contributed by atoms with Gasteiger partial charge in [0.1, 0.15) is 0 Å². The van der Waals surface area contributed by atoms with Crippen LogP contribution in [0, 0.1) is 0 Å². The fourth-order valence-corrected chi connectivity index (χ4v) is 3.19. The molecule has 0 bridgehead atoms. The molecule has 1 saturated heterocycles. The van der Waals surface area contributed by atoms with Gasteiger partial charge in [-0.1, -0.05) is 18.2 Å². The van der Waals surface area contributed by atoms with E-state index >= 15 is 0 Å². The summed E-state index contributed by atoms with van der Waals surface area (Å²) in [5.41, 5.74) is 8.69. The van der Waals surface area contributed by atoms with E-state index in [0.717, 1.165) is 32.4 Å². The molecule has 19 heavy (non-hydrogen) atoms. The molecule has 0 amide bonds. The fraction of sp³-hybridized carbons (Fsp3) is 0.500. The Morgan fingerprint density at radius 1 is 1.37 bits per heavy atom. The van der Waals surface area contributed by atoms with Crippen molar-refractivity contribution in [3.8, 4) is 0 Å². The van der Waals surface area contributed by atoms with E-state index in [1.165, 1.54) is 16.5 Å². The van der Waals surface area contributed by atoms with Gasteiger partial charge in [0.15, 0.2) is 0 Å². The van der Waals surface area contributed by atoms with Crippen LogP contribution in [0.25, 0.3) is 10.9 Å². The molecule has 1 aliphatic heterocycles. The molecule has 0 radical (unpaired) electrons. The zero-order valence-electron chi connectivity index (χ0n) is 11.6. The second kappa shape index (κ2) is 5.35. The number of aromatic nitrogens is 1. The van der Waals surface area contributed by atoms with E-state index in [2.05, 4.69) is 47.3 Å². The van der Waals surface area contributed by atoms with Gasteiger partial charge in [0.25, 0.3) is 0 Å². The van der Waals surface area contributed by atoms with Crippen LogP contribution in [-0.4, -0.2) is 35.1 Å². The molecule has 2 aromatic rings. The van der Waals surface area contributed by atoms with Crippen molar-refractivity contribution in [2.45, 2.75) is 38.3 Å². The first-order chi connectivity index (χ1) is 9.24. The van der Waals surface area contributed by atoms with Gasteiger partial charge in [-0.3, -0.25) is 0 Å². The van der Waals surface area contributed by atoms with Crippen molar-refractivity contribution in [3.63, 3.8) is 0 Å². The number of hydrogen-bond acceptors (Lipinski definition) is 2. The van der Waals surface area contributed by atoms with Crippen molar-refractivity contribution in [2.24, 2.45) is 5.73 Å². The lowest BCUT2D eigenvalue weighted by molar-refractivity contribution is 0.150. The van der Waals surface area contributed by atoms with Crippen molar-refractivity contribution in [1.29, 1.82) is 0 Å². The Balaban J connectivity index is 1.66. The maximum atomic E-state index is 6.02. The maximum absolute atomic E-state index is 6.02. The van der Waals surface area contributed by atoms with Gasteiger partial charge in [-0.05, 0) is 44.4 Å². The summed E-state index contributed by atoms with van der Waals surface area (Å²) in [5, 5.41) is 1.36. The Labute approximate surface area is 114 Å². The van der Waals surface area contributed by atoms with Gasteiger partial charge in [-0.2, -0.15) is 0 Å². The minimum atomic E-state index is 0.402. The zero-order valence-corrected chi connectivity index (χ0v) is 11.6.